The molecule has 1 heterocycles. The van der Waals surface area contributed by atoms with Gasteiger partial charge in [-0.25, -0.2) is 0 Å². The number of nitrogens with one attached hydrogen (secondary N) is 1. The van der Waals surface area contributed by atoms with Crippen LogP contribution in [0.15, 0.2) is 16.6 Å². The molecule has 1 aliphatic heterocycles. The van der Waals surface area contributed by atoms with Crippen molar-refractivity contribution in [2.45, 2.75) is 43.6 Å². The van der Waals surface area contributed by atoms with Gasteiger partial charge in [-0.15, -0.1) is 0 Å². The van der Waals surface area contributed by atoms with E-state index in [4.69, 9.17) is 0 Å². The Hall–Kier alpha value is -0.870. The fourth-order valence-electron chi connectivity index (χ4n) is 5.27. The zero-order chi connectivity index (χ0) is 14.8. The van der Waals surface area contributed by atoms with Crippen LogP contribution in [-0.2, 0) is 16.6 Å². The van der Waals surface area contributed by atoms with E-state index in [2.05, 4.69) is 23.0 Å². The van der Waals surface area contributed by atoms with Gasteiger partial charge in [0.1, 0.15) is 11.5 Å². The molecule has 0 aromatic heterocycles. The maximum absolute atomic E-state index is 12.2. The van der Waals surface area contributed by atoms with Crippen LogP contribution in [0.1, 0.15) is 36.8 Å². The molecule has 2 N–H and O–H groups in total. The monoisotopic (exact) mass is 350 g/mol. The van der Waals surface area contributed by atoms with Crippen molar-refractivity contribution in [2.24, 2.45) is 5.92 Å². The zero-order valence-electron chi connectivity index (χ0n) is 12.3. The van der Waals surface area contributed by atoms with E-state index in [9.17, 15) is 9.90 Å². The van der Waals surface area contributed by atoms with E-state index in [-0.39, 0.29) is 5.41 Å². The lowest BCUT2D eigenvalue weighted by Crippen LogP contribution is -3.16. The minimum Gasteiger partial charge on any atom is -0.508 e. The highest BCUT2D eigenvalue weighted by Gasteiger charge is 2.58. The number of quaternary nitrogens is 1. The highest BCUT2D eigenvalue weighted by molar-refractivity contribution is 9.10. The molecule has 1 aromatic carbocycles. The van der Waals surface area contributed by atoms with E-state index < -0.39 is 0 Å². The minimum atomic E-state index is -0.110. The zero-order valence-corrected chi connectivity index (χ0v) is 13.9. The molecular weight excluding hydrogens is 330 g/mol. The van der Waals surface area contributed by atoms with Crippen molar-refractivity contribution in [1.29, 1.82) is 0 Å². The van der Waals surface area contributed by atoms with E-state index in [1.807, 2.05) is 6.07 Å². The predicted molar refractivity (Wildman–Crippen MR) is 83.7 cm³/mol. The van der Waals surface area contributed by atoms with Crippen molar-refractivity contribution in [1.82, 2.24) is 0 Å². The molecule has 3 nitrogen and oxygen atoms in total. The van der Waals surface area contributed by atoms with Crippen molar-refractivity contribution < 1.29 is 14.8 Å². The summed E-state index contributed by atoms with van der Waals surface area (Å²) in [6.45, 7) is 1.10. The molecule has 21 heavy (non-hydrogen) atoms. The average Bonchev–Trinajstić information content (AvgIpc) is 2.46. The molecule has 4 unspecified atom stereocenters. The lowest BCUT2D eigenvalue weighted by Gasteiger charge is -2.55. The Kier molecular flexibility index (Phi) is 2.99. The Morgan fingerprint density at radius 3 is 3.05 bits per heavy atom. The number of benzene rings is 1. The smallest absolute Gasteiger partial charge is 0.133 e. The number of carbonyl (C=O) groups is 1. The number of hydrogen-bond acceptors (Lipinski definition) is 2. The molecule has 0 amide bonds. The number of likely N-dealkylation sites (tertiary alicyclic amines) is 1. The number of aromatic hydroxyl groups is 1. The van der Waals surface area contributed by atoms with Gasteiger partial charge in [0, 0.05) is 47.1 Å². The first-order valence-electron chi connectivity index (χ1n) is 7.88. The number of phenolic OH excluding ortho intramolecular Hbond substituents is 1. The second kappa shape index (κ2) is 4.56. The molecule has 1 aromatic rings. The highest BCUT2D eigenvalue weighted by atomic mass is 79.9. The van der Waals surface area contributed by atoms with Gasteiger partial charge >= 0.3 is 0 Å². The summed E-state index contributed by atoms with van der Waals surface area (Å²) < 4.78 is 1.09. The van der Waals surface area contributed by atoms with Crippen molar-refractivity contribution >= 4 is 21.7 Å². The van der Waals surface area contributed by atoms with Crippen LogP contribution in [0.4, 0.5) is 0 Å². The SMILES string of the molecule is C[NH+]1CCC23CC(=O)CCC2C1Cc1c(Br)ccc(O)c13. The first-order valence-corrected chi connectivity index (χ1v) is 8.67. The maximum atomic E-state index is 12.2. The molecule has 4 atom stereocenters. The Morgan fingerprint density at radius 1 is 1.43 bits per heavy atom. The number of hydrogen-bond donors (Lipinski definition) is 2. The van der Waals surface area contributed by atoms with Gasteiger partial charge < -0.3 is 10.0 Å². The number of rotatable bonds is 0. The fourth-order valence-corrected chi connectivity index (χ4v) is 5.77. The molecule has 1 saturated carbocycles. The summed E-state index contributed by atoms with van der Waals surface area (Å²) in [5.41, 5.74) is 2.21. The minimum absolute atomic E-state index is 0.110. The summed E-state index contributed by atoms with van der Waals surface area (Å²) >= 11 is 3.67. The Balaban J connectivity index is 1.98. The van der Waals surface area contributed by atoms with E-state index in [1.54, 1.807) is 11.0 Å². The summed E-state index contributed by atoms with van der Waals surface area (Å²) in [6.07, 6.45) is 4.37. The van der Waals surface area contributed by atoms with Crippen LogP contribution in [0.3, 0.4) is 0 Å². The number of Topliss-reactive ketones (excluding diaryl/α,β-unsaturated/α-hetero) is 1. The van der Waals surface area contributed by atoms with E-state index in [1.165, 1.54) is 5.56 Å². The molecule has 2 bridgehead atoms. The molecule has 112 valence electrons. The van der Waals surface area contributed by atoms with Gasteiger partial charge in [0.15, 0.2) is 0 Å². The predicted octanol–water partition coefficient (Wildman–Crippen LogP) is 1.60. The molecule has 0 spiro atoms. The molecule has 2 aliphatic carbocycles. The summed E-state index contributed by atoms with van der Waals surface area (Å²) in [5, 5.41) is 10.5. The summed E-state index contributed by atoms with van der Waals surface area (Å²) in [6, 6.07) is 4.32. The van der Waals surface area contributed by atoms with Crippen molar-refractivity contribution in [3.05, 3.63) is 27.7 Å². The number of carbonyl (C=O) groups excluding carboxylic acids is 1. The lowest BCUT2D eigenvalue weighted by atomic mass is 9.52. The Labute approximate surface area is 133 Å². The van der Waals surface area contributed by atoms with Gasteiger partial charge in [-0.05, 0) is 24.1 Å². The van der Waals surface area contributed by atoms with Crippen molar-refractivity contribution in [3.8, 4) is 5.75 Å². The first-order chi connectivity index (χ1) is 10.0. The third-order valence-electron chi connectivity index (χ3n) is 6.20. The molecule has 1 saturated heterocycles. The van der Waals surface area contributed by atoms with Crippen LogP contribution in [-0.4, -0.2) is 30.5 Å². The topological polar surface area (TPSA) is 41.7 Å². The van der Waals surface area contributed by atoms with Crippen molar-refractivity contribution in [2.75, 3.05) is 13.6 Å². The standard InChI is InChI=1S/C17H20BrNO2/c1-19-7-6-17-9-10(20)2-3-12(17)14(19)8-11-13(18)4-5-15(21)16(11)17/h4-5,12,14,21H,2-3,6-9H2,1H3/p+1. The number of likely N-dealkylation sites (N-methyl/N-ethyl adjacent to an activating group) is 1. The van der Waals surface area contributed by atoms with Crippen LogP contribution >= 0.6 is 15.9 Å². The second-order valence-corrected chi connectivity index (χ2v) is 7.95. The van der Waals surface area contributed by atoms with E-state index >= 15 is 0 Å². The summed E-state index contributed by atoms with van der Waals surface area (Å²) in [4.78, 5) is 13.8. The van der Waals surface area contributed by atoms with Crippen LogP contribution < -0.4 is 4.90 Å². The third-order valence-corrected chi connectivity index (χ3v) is 6.94. The van der Waals surface area contributed by atoms with Gasteiger partial charge in [-0.1, -0.05) is 15.9 Å². The molecule has 0 radical (unpaired) electrons. The van der Waals surface area contributed by atoms with Gasteiger partial charge in [0.25, 0.3) is 0 Å². The Bertz CT molecular complexity index is 629. The molecule has 3 aliphatic rings. The van der Waals surface area contributed by atoms with Gasteiger partial charge in [-0.3, -0.25) is 4.79 Å². The largest absolute Gasteiger partial charge is 0.508 e. The number of halogens is 1. The fraction of sp³-hybridized carbons (Fsp3) is 0.588. The van der Waals surface area contributed by atoms with Gasteiger partial charge in [0.2, 0.25) is 0 Å². The lowest BCUT2D eigenvalue weighted by molar-refractivity contribution is -0.918. The second-order valence-electron chi connectivity index (χ2n) is 7.09. The van der Waals surface area contributed by atoms with E-state index in [0.29, 0.717) is 29.9 Å². The summed E-state index contributed by atoms with van der Waals surface area (Å²) in [5.74, 6) is 1.30. The molecule has 2 fully saturated rings. The third kappa shape index (κ3) is 1.78. The molecule has 4 heteroatoms. The molecular formula is C17H21BrNO2+. The number of piperidine rings is 1. The van der Waals surface area contributed by atoms with Crippen LogP contribution in [0.2, 0.25) is 0 Å². The van der Waals surface area contributed by atoms with E-state index in [0.717, 1.165) is 42.3 Å². The van der Waals surface area contributed by atoms with Crippen molar-refractivity contribution in [3.63, 3.8) is 0 Å². The quantitative estimate of drug-likeness (QED) is 0.746. The van der Waals surface area contributed by atoms with Gasteiger partial charge in [-0.2, -0.15) is 0 Å². The molecule has 4 rings (SSSR count). The highest BCUT2D eigenvalue weighted by Crippen LogP contribution is 2.55. The van der Waals surface area contributed by atoms with Crippen LogP contribution in [0.25, 0.3) is 0 Å². The number of fused-ring (bicyclic) bond motifs is 1. The van der Waals surface area contributed by atoms with Crippen LogP contribution in [0.5, 0.6) is 5.75 Å². The van der Waals surface area contributed by atoms with Gasteiger partial charge in [0.05, 0.1) is 19.6 Å². The summed E-state index contributed by atoms with van der Waals surface area (Å²) in [7, 11) is 2.28. The van der Waals surface area contributed by atoms with Crippen LogP contribution in [0, 0.1) is 5.92 Å². The Morgan fingerprint density at radius 2 is 2.24 bits per heavy atom. The first kappa shape index (κ1) is 13.8. The maximum Gasteiger partial charge on any atom is 0.133 e. The normalized spacial score (nSPS) is 37.8. The average molecular weight is 351 g/mol. The number of phenols is 1. The number of ketones is 1.